The summed E-state index contributed by atoms with van der Waals surface area (Å²) < 4.78 is 59.2. The Morgan fingerprint density at radius 3 is 2.11 bits per heavy atom. The Balaban J connectivity index is 1.81. The van der Waals surface area contributed by atoms with E-state index in [1.54, 1.807) is 24.3 Å². The predicted molar refractivity (Wildman–Crippen MR) is 172 cm³/mol. The number of hydrogen-bond donors (Lipinski definition) is 1. The van der Waals surface area contributed by atoms with Crippen LogP contribution in [0.3, 0.4) is 0 Å². The summed E-state index contributed by atoms with van der Waals surface area (Å²) in [7, 11) is 1.35. The van der Waals surface area contributed by atoms with E-state index in [0.29, 0.717) is 17.1 Å². The van der Waals surface area contributed by atoms with Crippen molar-refractivity contribution in [3.05, 3.63) is 114 Å². The second-order valence-electron chi connectivity index (χ2n) is 10.2. The van der Waals surface area contributed by atoms with Gasteiger partial charge in [0.15, 0.2) is 11.5 Å². The second kappa shape index (κ2) is 15.3. The summed E-state index contributed by atoms with van der Waals surface area (Å²) in [6, 6.07) is 24.0. The molecular weight excluding hydrogens is 613 g/mol. The molecule has 4 aromatic rings. The second-order valence-corrected chi connectivity index (χ2v) is 12.1. The number of carbonyl (C=O) groups excluding carboxylic acids is 2. The fraction of sp³-hybridized carbons (Fsp3) is 0.235. The van der Waals surface area contributed by atoms with Gasteiger partial charge in [0, 0.05) is 26.1 Å². The standard InChI is InChI=1S/C34H36FN3O7S/c1-36-34(40)30(20-24-9-6-5-7-10-24)37(22-25-11-8-12-28(19-25)43-2)33(39)23-38(27-15-13-26(35)14-16-27)46(41,42)29-17-18-31(44-3)32(21-29)45-4/h5-19,21,30H,20,22-23H2,1-4H3,(H,36,40). The van der Waals surface area contributed by atoms with Crippen molar-refractivity contribution in [2.45, 2.75) is 23.9 Å². The number of nitrogens with one attached hydrogen (secondary N) is 1. The molecule has 2 amide bonds. The number of halogens is 1. The van der Waals surface area contributed by atoms with Crippen molar-refractivity contribution < 1.29 is 36.6 Å². The van der Waals surface area contributed by atoms with Gasteiger partial charge in [0.05, 0.1) is 31.9 Å². The molecule has 0 aliphatic rings. The summed E-state index contributed by atoms with van der Waals surface area (Å²) in [6.07, 6.45) is 0.162. The lowest BCUT2D eigenvalue weighted by Gasteiger charge is -2.33. The van der Waals surface area contributed by atoms with Crippen molar-refractivity contribution in [1.82, 2.24) is 10.2 Å². The van der Waals surface area contributed by atoms with E-state index >= 15 is 0 Å². The predicted octanol–water partition coefficient (Wildman–Crippen LogP) is 4.43. The highest BCUT2D eigenvalue weighted by molar-refractivity contribution is 7.92. The molecule has 1 N–H and O–H groups in total. The third kappa shape index (κ3) is 7.94. The molecule has 0 saturated carbocycles. The maximum absolute atomic E-state index is 14.4. The summed E-state index contributed by atoms with van der Waals surface area (Å²) in [6.45, 7) is -0.733. The third-order valence-corrected chi connectivity index (χ3v) is 9.11. The van der Waals surface area contributed by atoms with E-state index < -0.39 is 40.2 Å². The zero-order valence-corrected chi connectivity index (χ0v) is 26.8. The van der Waals surface area contributed by atoms with Crippen LogP contribution in [0, 0.1) is 5.82 Å². The van der Waals surface area contributed by atoms with Gasteiger partial charge in [0.2, 0.25) is 11.8 Å². The van der Waals surface area contributed by atoms with Crippen LogP contribution in [0.4, 0.5) is 10.1 Å². The van der Waals surface area contributed by atoms with Crippen LogP contribution in [0.1, 0.15) is 11.1 Å². The highest BCUT2D eigenvalue weighted by Crippen LogP contribution is 2.32. The highest BCUT2D eigenvalue weighted by Gasteiger charge is 2.34. The monoisotopic (exact) mass is 649 g/mol. The number of rotatable bonds is 14. The van der Waals surface area contributed by atoms with Gasteiger partial charge < -0.3 is 24.4 Å². The van der Waals surface area contributed by atoms with Gasteiger partial charge in [-0.05, 0) is 59.7 Å². The minimum absolute atomic E-state index is 0.0331. The van der Waals surface area contributed by atoms with E-state index in [1.165, 1.54) is 63.6 Å². The molecule has 1 unspecified atom stereocenters. The van der Waals surface area contributed by atoms with Crippen molar-refractivity contribution in [1.29, 1.82) is 0 Å². The van der Waals surface area contributed by atoms with Crippen molar-refractivity contribution in [2.75, 3.05) is 39.2 Å². The first-order valence-corrected chi connectivity index (χ1v) is 15.7. The van der Waals surface area contributed by atoms with Gasteiger partial charge in [0.25, 0.3) is 10.0 Å². The highest BCUT2D eigenvalue weighted by atomic mass is 32.2. The Morgan fingerprint density at radius 2 is 1.48 bits per heavy atom. The van der Waals surface area contributed by atoms with Gasteiger partial charge in [-0.25, -0.2) is 12.8 Å². The first-order valence-electron chi connectivity index (χ1n) is 14.3. The molecule has 0 spiro atoms. The molecule has 0 aliphatic heterocycles. The molecule has 4 aromatic carbocycles. The summed E-state index contributed by atoms with van der Waals surface area (Å²) in [5.74, 6) is -0.660. The number of likely N-dealkylation sites (N-methyl/N-ethyl adjacent to an activating group) is 1. The van der Waals surface area contributed by atoms with E-state index in [9.17, 15) is 22.4 Å². The molecule has 0 radical (unpaired) electrons. The number of amides is 2. The van der Waals surface area contributed by atoms with Crippen LogP contribution in [0.25, 0.3) is 0 Å². The first-order chi connectivity index (χ1) is 22.1. The van der Waals surface area contributed by atoms with Gasteiger partial charge in [-0.1, -0.05) is 42.5 Å². The largest absolute Gasteiger partial charge is 0.497 e. The Hall–Kier alpha value is -5.10. The van der Waals surface area contributed by atoms with Crippen LogP contribution in [0.5, 0.6) is 17.2 Å². The summed E-state index contributed by atoms with van der Waals surface area (Å²) >= 11 is 0. The fourth-order valence-corrected chi connectivity index (χ4v) is 6.36. The fourth-order valence-electron chi connectivity index (χ4n) is 4.93. The number of benzene rings is 4. The van der Waals surface area contributed by atoms with Gasteiger partial charge in [0.1, 0.15) is 24.2 Å². The number of nitrogens with zero attached hydrogens (tertiary/aromatic N) is 2. The van der Waals surface area contributed by atoms with Crippen molar-refractivity contribution in [3.8, 4) is 17.2 Å². The topological polar surface area (TPSA) is 114 Å². The minimum atomic E-state index is -4.44. The Bertz CT molecular complexity index is 1750. The normalized spacial score (nSPS) is 11.7. The molecule has 0 saturated heterocycles. The van der Waals surface area contributed by atoms with Crippen LogP contribution < -0.4 is 23.8 Å². The van der Waals surface area contributed by atoms with E-state index in [1.807, 2.05) is 30.3 Å². The summed E-state index contributed by atoms with van der Waals surface area (Å²) in [5.41, 5.74) is 1.50. The average molecular weight is 650 g/mol. The molecule has 0 aliphatic carbocycles. The molecular formula is C34H36FN3O7S. The number of carbonyl (C=O) groups is 2. The number of hydrogen-bond acceptors (Lipinski definition) is 7. The van der Waals surface area contributed by atoms with Crippen LogP contribution in [0.15, 0.2) is 102 Å². The number of methoxy groups -OCH3 is 3. The zero-order chi connectivity index (χ0) is 33.3. The lowest BCUT2D eigenvalue weighted by Crippen LogP contribution is -2.53. The molecule has 0 bridgehead atoms. The number of anilines is 1. The van der Waals surface area contributed by atoms with E-state index in [2.05, 4.69) is 5.32 Å². The van der Waals surface area contributed by atoms with Gasteiger partial charge in [-0.15, -0.1) is 0 Å². The van der Waals surface area contributed by atoms with Gasteiger partial charge in [-0.3, -0.25) is 13.9 Å². The molecule has 0 heterocycles. The Labute approximate surface area is 268 Å². The number of sulfonamides is 1. The SMILES string of the molecule is CNC(=O)C(Cc1ccccc1)N(Cc1cccc(OC)c1)C(=O)CN(c1ccc(F)cc1)S(=O)(=O)c1ccc(OC)c(OC)c1. The van der Waals surface area contributed by atoms with Crippen LogP contribution in [-0.2, 0) is 32.6 Å². The van der Waals surface area contributed by atoms with Crippen LogP contribution in [-0.4, -0.2) is 66.1 Å². The zero-order valence-electron chi connectivity index (χ0n) is 26.0. The van der Waals surface area contributed by atoms with E-state index in [4.69, 9.17) is 14.2 Å². The molecule has 0 aromatic heterocycles. The van der Waals surface area contributed by atoms with E-state index in [0.717, 1.165) is 22.0 Å². The summed E-state index contributed by atoms with van der Waals surface area (Å²) in [4.78, 5) is 28.9. The molecule has 12 heteroatoms. The first kappa shape index (κ1) is 33.8. The Morgan fingerprint density at radius 1 is 0.804 bits per heavy atom. The maximum Gasteiger partial charge on any atom is 0.264 e. The van der Waals surface area contributed by atoms with Crippen LogP contribution in [0.2, 0.25) is 0 Å². The average Bonchev–Trinajstić information content (AvgIpc) is 3.08. The number of ether oxygens (including phenoxy) is 3. The molecule has 0 fully saturated rings. The molecule has 46 heavy (non-hydrogen) atoms. The molecule has 4 rings (SSSR count). The Kier molecular flexibility index (Phi) is 11.2. The molecule has 1 atom stereocenters. The van der Waals surface area contributed by atoms with Crippen molar-refractivity contribution >= 4 is 27.5 Å². The van der Waals surface area contributed by atoms with Gasteiger partial charge >= 0.3 is 0 Å². The maximum atomic E-state index is 14.4. The minimum Gasteiger partial charge on any atom is -0.497 e. The third-order valence-electron chi connectivity index (χ3n) is 7.34. The smallest absolute Gasteiger partial charge is 0.264 e. The quantitative estimate of drug-likeness (QED) is 0.215. The van der Waals surface area contributed by atoms with Crippen molar-refractivity contribution in [3.63, 3.8) is 0 Å². The molecule has 242 valence electrons. The van der Waals surface area contributed by atoms with E-state index in [-0.39, 0.29) is 29.3 Å². The molecule has 10 nitrogen and oxygen atoms in total. The lowest BCUT2D eigenvalue weighted by molar-refractivity contribution is -0.139. The van der Waals surface area contributed by atoms with Crippen LogP contribution >= 0.6 is 0 Å². The summed E-state index contributed by atoms with van der Waals surface area (Å²) in [5, 5.41) is 2.64. The van der Waals surface area contributed by atoms with Gasteiger partial charge in [-0.2, -0.15) is 0 Å². The van der Waals surface area contributed by atoms with Crippen molar-refractivity contribution in [2.24, 2.45) is 0 Å². The lowest BCUT2D eigenvalue weighted by atomic mass is 10.0.